The predicted octanol–water partition coefficient (Wildman–Crippen LogP) is 2.97. The summed E-state index contributed by atoms with van der Waals surface area (Å²) in [7, 11) is 3.71. The van der Waals surface area contributed by atoms with E-state index in [9.17, 15) is 9.18 Å². The fraction of sp³-hybridized carbons (Fsp3) is 0.348. The molecular weight excluding hydrogens is 411 g/mol. The van der Waals surface area contributed by atoms with Crippen molar-refractivity contribution in [3.63, 3.8) is 0 Å². The molecule has 32 heavy (non-hydrogen) atoms. The van der Waals surface area contributed by atoms with Gasteiger partial charge in [-0.15, -0.1) is 0 Å². The van der Waals surface area contributed by atoms with Crippen LogP contribution in [0.1, 0.15) is 33.7 Å². The lowest BCUT2D eigenvalue weighted by Crippen LogP contribution is -2.43. The number of benzene rings is 1. The highest BCUT2D eigenvalue weighted by atomic mass is 19.1. The number of aromatic nitrogens is 4. The van der Waals surface area contributed by atoms with Crippen LogP contribution in [0.4, 0.5) is 10.3 Å². The number of carbonyl (C=O) groups excluding carboxylic acids is 1. The molecule has 4 rings (SSSR count). The van der Waals surface area contributed by atoms with Crippen LogP contribution in [-0.2, 0) is 4.74 Å². The molecular formula is C23H25FN6O2. The van der Waals surface area contributed by atoms with Gasteiger partial charge < -0.3 is 14.5 Å². The van der Waals surface area contributed by atoms with Crippen LogP contribution in [0.25, 0.3) is 11.1 Å². The van der Waals surface area contributed by atoms with Crippen LogP contribution in [0.3, 0.4) is 0 Å². The van der Waals surface area contributed by atoms with E-state index >= 15 is 0 Å². The van der Waals surface area contributed by atoms with E-state index in [0.29, 0.717) is 48.4 Å². The van der Waals surface area contributed by atoms with E-state index in [4.69, 9.17) is 9.72 Å². The van der Waals surface area contributed by atoms with Crippen molar-refractivity contribution in [1.82, 2.24) is 24.8 Å². The monoisotopic (exact) mass is 436 g/mol. The van der Waals surface area contributed by atoms with Crippen molar-refractivity contribution in [3.05, 3.63) is 65.3 Å². The Hall–Kier alpha value is -3.46. The van der Waals surface area contributed by atoms with E-state index < -0.39 is 6.10 Å². The Kier molecular flexibility index (Phi) is 6.09. The van der Waals surface area contributed by atoms with E-state index in [-0.39, 0.29) is 11.7 Å². The van der Waals surface area contributed by atoms with Gasteiger partial charge in [0.1, 0.15) is 17.7 Å². The molecule has 0 bridgehead atoms. The normalized spacial score (nSPS) is 16.2. The largest absolute Gasteiger partial charge is 0.368 e. The number of aryl methyl sites for hydroxylation is 2. The summed E-state index contributed by atoms with van der Waals surface area (Å²) >= 11 is 0. The second-order valence-corrected chi connectivity index (χ2v) is 7.90. The molecule has 0 N–H and O–H groups in total. The average Bonchev–Trinajstić information content (AvgIpc) is 2.79. The summed E-state index contributed by atoms with van der Waals surface area (Å²) < 4.78 is 19.5. The first-order valence-corrected chi connectivity index (χ1v) is 10.3. The van der Waals surface area contributed by atoms with Crippen molar-refractivity contribution in [2.75, 3.05) is 38.7 Å². The lowest BCUT2D eigenvalue weighted by molar-refractivity contribution is -0.0245. The van der Waals surface area contributed by atoms with E-state index in [1.807, 2.05) is 14.1 Å². The van der Waals surface area contributed by atoms with Gasteiger partial charge >= 0.3 is 0 Å². The zero-order chi connectivity index (χ0) is 22.8. The number of amides is 1. The maximum atomic E-state index is 13.5. The molecule has 3 aromatic rings. The van der Waals surface area contributed by atoms with Crippen LogP contribution in [-0.4, -0.2) is 64.5 Å². The fourth-order valence-corrected chi connectivity index (χ4v) is 3.66. The molecule has 1 fully saturated rings. The molecule has 0 unspecified atom stereocenters. The van der Waals surface area contributed by atoms with Gasteiger partial charge in [0.05, 0.1) is 30.1 Å². The van der Waals surface area contributed by atoms with E-state index in [1.54, 1.807) is 48.2 Å². The molecule has 0 saturated carbocycles. The molecule has 0 spiro atoms. The van der Waals surface area contributed by atoms with Gasteiger partial charge in [0.25, 0.3) is 5.91 Å². The van der Waals surface area contributed by atoms with E-state index in [1.165, 1.54) is 12.1 Å². The highest BCUT2D eigenvalue weighted by Crippen LogP contribution is 2.32. The third kappa shape index (κ3) is 4.43. The fourth-order valence-electron chi connectivity index (χ4n) is 3.66. The van der Waals surface area contributed by atoms with Crippen molar-refractivity contribution >= 4 is 11.9 Å². The topological polar surface area (TPSA) is 84.3 Å². The molecule has 1 aromatic carbocycles. The van der Waals surface area contributed by atoms with Crippen molar-refractivity contribution in [3.8, 4) is 11.1 Å². The smallest absolute Gasteiger partial charge is 0.257 e. The maximum Gasteiger partial charge on any atom is 0.257 e. The molecule has 0 aliphatic carbocycles. The Morgan fingerprint density at radius 1 is 1.12 bits per heavy atom. The summed E-state index contributed by atoms with van der Waals surface area (Å²) in [6.07, 6.45) is 2.83. The second-order valence-electron chi connectivity index (χ2n) is 7.90. The minimum Gasteiger partial charge on any atom is -0.368 e. The molecule has 1 saturated heterocycles. The Bertz CT molecular complexity index is 1140. The van der Waals surface area contributed by atoms with Gasteiger partial charge in [0.15, 0.2) is 0 Å². The summed E-state index contributed by atoms with van der Waals surface area (Å²) in [4.78, 5) is 34.4. The first kappa shape index (κ1) is 21.8. The van der Waals surface area contributed by atoms with Gasteiger partial charge in [-0.25, -0.2) is 24.3 Å². The maximum absolute atomic E-state index is 13.5. The Morgan fingerprint density at radius 2 is 1.88 bits per heavy atom. The van der Waals surface area contributed by atoms with Crippen molar-refractivity contribution in [1.29, 1.82) is 0 Å². The van der Waals surface area contributed by atoms with Crippen LogP contribution in [0, 0.1) is 19.7 Å². The summed E-state index contributed by atoms with van der Waals surface area (Å²) in [5.74, 6) is 0.698. The average molecular weight is 436 g/mol. The number of anilines is 1. The lowest BCUT2D eigenvalue weighted by atomic mass is 10.0. The van der Waals surface area contributed by atoms with Crippen molar-refractivity contribution in [2.45, 2.75) is 20.0 Å². The number of hydrogen-bond acceptors (Lipinski definition) is 7. The minimum absolute atomic E-state index is 0.138. The van der Waals surface area contributed by atoms with Gasteiger partial charge in [-0.2, -0.15) is 0 Å². The van der Waals surface area contributed by atoms with Gasteiger partial charge in [0.2, 0.25) is 5.95 Å². The standard InChI is InChI=1S/C23H25FN6O2/c1-14-18(11-25-15(2)27-14)22(31)30-9-10-32-20(13-30)21-19(12-26-23(28-21)29(3)4)16-5-7-17(24)8-6-16/h5-8,11-12,20H,9-10,13H2,1-4H3/t20-/m0/s1. The molecule has 1 aliphatic rings. The molecule has 9 heteroatoms. The number of hydrogen-bond donors (Lipinski definition) is 0. The number of rotatable bonds is 4. The molecule has 3 heterocycles. The Morgan fingerprint density at radius 3 is 2.56 bits per heavy atom. The molecule has 1 aliphatic heterocycles. The molecule has 1 amide bonds. The number of nitrogens with zero attached hydrogens (tertiary/aromatic N) is 6. The number of ether oxygens (including phenoxy) is 1. The number of morpholine rings is 1. The van der Waals surface area contributed by atoms with Gasteiger partial charge in [-0.05, 0) is 31.5 Å². The summed E-state index contributed by atoms with van der Waals surface area (Å²) in [6.45, 7) is 4.75. The van der Waals surface area contributed by atoms with Gasteiger partial charge in [-0.3, -0.25) is 4.79 Å². The highest BCUT2D eigenvalue weighted by molar-refractivity contribution is 5.95. The van der Waals surface area contributed by atoms with Crippen LogP contribution in [0.5, 0.6) is 0 Å². The van der Waals surface area contributed by atoms with E-state index in [2.05, 4.69) is 15.0 Å². The van der Waals surface area contributed by atoms with Gasteiger partial charge in [-0.1, -0.05) is 12.1 Å². The third-order valence-corrected chi connectivity index (χ3v) is 5.35. The third-order valence-electron chi connectivity index (χ3n) is 5.35. The summed E-state index contributed by atoms with van der Waals surface area (Å²) in [5, 5.41) is 0. The number of halogens is 1. The summed E-state index contributed by atoms with van der Waals surface area (Å²) in [5.41, 5.74) is 3.30. The summed E-state index contributed by atoms with van der Waals surface area (Å²) in [6, 6.07) is 6.17. The molecule has 8 nitrogen and oxygen atoms in total. The zero-order valence-electron chi connectivity index (χ0n) is 18.5. The number of carbonyl (C=O) groups is 1. The van der Waals surface area contributed by atoms with Crippen molar-refractivity contribution < 1.29 is 13.9 Å². The Labute approximate surface area is 186 Å². The zero-order valence-corrected chi connectivity index (χ0v) is 18.5. The lowest BCUT2D eigenvalue weighted by Gasteiger charge is -2.33. The SMILES string of the molecule is Cc1ncc(C(=O)N2CCO[C@H](c3nc(N(C)C)ncc3-c3ccc(F)cc3)C2)c(C)n1. The highest BCUT2D eigenvalue weighted by Gasteiger charge is 2.30. The second kappa shape index (κ2) is 8.96. The van der Waals surface area contributed by atoms with E-state index in [0.717, 1.165) is 11.1 Å². The molecule has 1 atom stereocenters. The van der Waals surface area contributed by atoms with Gasteiger partial charge in [0, 0.05) is 38.6 Å². The quantitative estimate of drug-likeness (QED) is 0.622. The molecule has 166 valence electrons. The first-order valence-electron chi connectivity index (χ1n) is 10.3. The van der Waals surface area contributed by atoms with Crippen LogP contribution < -0.4 is 4.90 Å². The first-order chi connectivity index (χ1) is 15.3. The molecule has 2 aromatic heterocycles. The van der Waals surface area contributed by atoms with Crippen LogP contribution >= 0.6 is 0 Å². The molecule has 0 radical (unpaired) electrons. The van der Waals surface area contributed by atoms with Crippen LogP contribution in [0.15, 0.2) is 36.7 Å². The predicted molar refractivity (Wildman–Crippen MR) is 118 cm³/mol. The van der Waals surface area contributed by atoms with Crippen molar-refractivity contribution in [2.24, 2.45) is 0 Å². The Balaban J connectivity index is 1.68. The van der Waals surface area contributed by atoms with Crippen LogP contribution in [0.2, 0.25) is 0 Å². The minimum atomic E-state index is -0.457.